The molecule has 1 aliphatic rings. The van der Waals surface area contributed by atoms with Crippen LogP contribution in [0.5, 0.6) is 0 Å². The van der Waals surface area contributed by atoms with Gasteiger partial charge in [0.2, 0.25) is 5.78 Å². The fourth-order valence-corrected chi connectivity index (χ4v) is 3.69. The number of nitrogens with zero attached hydrogens (tertiary/aromatic N) is 5. The summed E-state index contributed by atoms with van der Waals surface area (Å²) >= 11 is 0. The number of hydrogen-bond acceptors (Lipinski definition) is 6. The van der Waals surface area contributed by atoms with Gasteiger partial charge in [0.1, 0.15) is 11.5 Å². The molecule has 1 saturated heterocycles. The number of halogens is 1. The highest BCUT2D eigenvalue weighted by atomic mass is 19.1. The van der Waals surface area contributed by atoms with E-state index < -0.39 is 4.92 Å². The number of imidazole rings is 1. The first-order valence-electron chi connectivity index (χ1n) is 9.50. The van der Waals surface area contributed by atoms with Crippen LogP contribution in [-0.2, 0) is 7.05 Å². The molecule has 0 bridgehead atoms. The van der Waals surface area contributed by atoms with Crippen LogP contribution in [0.25, 0.3) is 0 Å². The van der Waals surface area contributed by atoms with Gasteiger partial charge in [0.15, 0.2) is 5.82 Å². The topological polar surface area (TPSA) is 84.5 Å². The zero-order valence-electron chi connectivity index (χ0n) is 16.4. The maximum absolute atomic E-state index is 14.0. The molecule has 0 N–H and O–H groups in total. The van der Waals surface area contributed by atoms with Crippen LogP contribution < -0.4 is 9.80 Å². The van der Waals surface area contributed by atoms with E-state index in [0.717, 1.165) is 0 Å². The second kappa shape index (κ2) is 7.94. The third-order valence-corrected chi connectivity index (χ3v) is 5.27. The molecule has 0 radical (unpaired) electrons. The van der Waals surface area contributed by atoms with Gasteiger partial charge in [-0.1, -0.05) is 12.1 Å². The average Bonchev–Trinajstić information content (AvgIpc) is 3.19. The van der Waals surface area contributed by atoms with Crippen LogP contribution in [0.3, 0.4) is 0 Å². The van der Waals surface area contributed by atoms with Crippen molar-refractivity contribution in [2.45, 2.75) is 0 Å². The quantitative estimate of drug-likeness (QED) is 0.366. The van der Waals surface area contributed by atoms with Gasteiger partial charge in [-0.25, -0.2) is 9.37 Å². The summed E-state index contributed by atoms with van der Waals surface area (Å²) in [4.78, 5) is 31.7. The lowest BCUT2D eigenvalue weighted by Gasteiger charge is -2.37. The van der Waals surface area contributed by atoms with Crippen molar-refractivity contribution in [3.05, 3.63) is 82.2 Å². The predicted molar refractivity (Wildman–Crippen MR) is 111 cm³/mol. The molecule has 4 rings (SSSR count). The molecule has 8 nitrogen and oxygen atoms in total. The van der Waals surface area contributed by atoms with E-state index in [1.165, 1.54) is 18.3 Å². The fraction of sp³-hybridized carbons (Fsp3) is 0.238. The van der Waals surface area contributed by atoms with Crippen molar-refractivity contribution >= 4 is 22.8 Å². The van der Waals surface area contributed by atoms with Crippen molar-refractivity contribution in [1.29, 1.82) is 0 Å². The second-order valence-electron chi connectivity index (χ2n) is 7.08. The highest BCUT2D eigenvalue weighted by Crippen LogP contribution is 2.31. The van der Waals surface area contributed by atoms with Crippen LogP contribution in [0, 0.1) is 15.9 Å². The third-order valence-electron chi connectivity index (χ3n) is 5.27. The summed E-state index contributed by atoms with van der Waals surface area (Å²) in [6.07, 6.45) is 3.15. The van der Waals surface area contributed by atoms with Crippen molar-refractivity contribution in [3.63, 3.8) is 0 Å². The Morgan fingerprint density at radius 2 is 1.73 bits per heavy atom. The molecule has 3 aromatic rings. The molecule has 2 aromatic carbocycles. The molecule has 0 aliphatic carbocycles. The number of nitro groups is 1. The Kier molecular flexibility index (Phi) is 5.18. The van der Waals surface area contributed by atoms with Crippen molar-refractivity contribution in [2.75, 3.05) is 36.0 Å². The normalized spacial score (nSPS) is 14.1. The molecule has 0 saturated carbocycles. The van der Waals surface area contributed by atoms with E-state index >= 15 is 0 Å². The minimum Gasteiger partial charge on any atom is -0.366 e. The lowest BCUT2D eigenvalue weighted by atomic mass is 10.1. The van der Waals surface area contributed by atoms with Crippen LogP contribution in [0.15, 0.2) is 54.9 Å². The third kappa shape index (κ3) is 3.61. The van der Waals surface area contributed by atoms with Gasteiger partial charge in [0, 0.05) is 57.3 Å². The van der Waals surface area contributed by atoms with Crippen molar-refractivity contribution in [1.82, 2.24) is 9.55 Å². The minimum atomic E-state index is -0.478. The number of aromatic nitrogens is 2. The Morgan fingerprint density at radius 1 is 1.07 bits per heavy atom. The molecule has 1 fully saturated rings. The summed E-state index contributed by atoms with van der Waals surface area (Å²) < 4.78 is 15.6. The molecule has 0 unspecified atom stereocenters. The Morgan fingerprint density at radius 3 is 2.33 bits per heavy atom. The second-order valence-corrected chi connectivity index (χ2v) is 7.08. The SMILES string of the molecule is Cn1ccnc1C(=O)c1ccc(N2CCN(c3ccccc3F)CC2)c([N+](=O)[O-])c1. The van der Waals surface area contributed by atoms with Gasteiger partial charge in [-0.3, -0.25) is 14.9 Å². The number of hydrogen-bond donors (Lipinski definition) is 0. The van der Waals surface area contributed by atoms with Gasteiger partial charge in [-0.15, -0.1) is 0 Å². The summed E-state index contributed by atoms with van der Waals surface area (Å²) in [5.41, 5.74) is 1.06. The highest BCUT2D eigenvalue weighted by molar-refractivity contribution is 6.07. The Bertz CT molecular complexity index is 1110. The average molecular weight is 409 g/mol. The van der Waals surface area contributed by atoms with E-state index in [1.807, 2.05) is 9.80 Å². The van der Waals surface area contributed by atoms with Gasteiger partial charge < -0.3 is 14.4 Å². The van der Waals surface area contributed by atoms with Crippen LogP contribution in [0.2, 0.25) is 0 Å². The zero-order chi connectivity index (χ0) is 21.3. The minimum absolute atomic E-state index is 0.130. The smallest absolute Gasteiger partial charge is 0.293 e. The number of anilines is 2. The fourth-order valence-electron chi connectivity index (χ4n) is 3.69. The number of para-hydroxylation sites is 1. The van der Waals surface area contributed by atoms with Gasteiger partial charge >= 0.3 is 0 Å². The number of benzene rings is 2. The van der Waals surface area contributed by atoms with Crippen molar-refractivity contribution in [2.24, 2.45) is 7.05 Å². The molecule has 0 spiro atoms. The standard InChI is InChI=1S/C21H20FN5O3/c1-24-9-8-23-21(24)20(28)15-6-7-18(19(14-15)27(29)30)26-12-10-25(11-13-26)17-5-3-2-4-16(17)22/h2-9,14H,10-13H2,1H3. The molecule has 30 heavy (non-hydrogen) atoms. The summed E-state index contributed by atoms with van der Waals surface area (Å²) in [6, 6.07) is 11.1. The molecule has 154 valence electrons. The molecule has 0 atom stereocenters. The van der Waals surface area contributed by atoms with E-state index in [-0.39, 0.29) is 28.7 Å². The maximum Gasteiger partial charge on any atom is 0.293 e. The number of aryl methyl sites for hydroxylation is 1. The lowest BCUT2D eigenvalue weighted by Crippen LogP contribution is -2.47. The van der Waals surface area contributed by atoms with Gasteiger partial charge in [-0.05, 0) is 24.3 Å². The maximum atomic E-state index is 14.0. The van der Waals surface area contributed by atoms with E-state index in [2.05, 4.69) is 4.98 Å². The van der Waals surface area contributed by atoms with Gasteiger partial charge in [-0.2, -0.15) is 0 Å². The number of carbonyl (C=O) groups excluding carboxylic acids is 1. The first-order chi connectivity index (χ1) is 14.5. The highest BCUT2D eigenvalue weighted by Gasteiger charge is 2.26. The predicted octanol–water partition coefficient (Wildman–Crippen LogP) is 3.03. The van der Waals surface area contributed by atoms with Crippen LogP contribution in [-0.4, -0.2) is 46.4 Å². The monoisotopic (exact) mass is 409 g/mol. The Hall–Kier alpha value is -3.75. The first-order valence-corrected chi connectivity index (χ1v) is 9.50. The molecule has 9 heteroatoms. The lowest BCUT2D eigenvalue weighted by molar-refractivity contribution is -0.384. The summed E-state index contributed by atoms with van der Waals surface area (Å²) in [7, 11) is 1.69. The number of nitro benzene ring substituents is 1. The number of piperazine rings is 1. The van der Waals surface area contributed by atoms with Crippen molar-refractivity contribution in [3.8, 4) is 0 Å². The molecule has 0 amide bonds. The van der Waals surface area contributed by atoms with Crippen LogP contribution >= 0.6 is 0 Å². The van der Waals surface area contributed by atoms with Gasteiger partial charge in [0.25, 0.3) is 5.69 Å². The van der Waals surface area contributed by atoms with E-state index in [0.29, 0.717) is 37.6 Å². The van der Waals surface area contributed by atoms with Gasteiger partial charge in [0.05, 0.1) is 10.6 Å². The molecule has 2 heterocycles. The Balaban J connectivity index is 1.56. The summed E-state index contributed by atoms with van der Waals surface area (Å²) in [5.74, 6) is -0.439. The summed E-state index contributed by atoms with van der Waals surface area (Å²) in [5, 5.41) is 11.7. The molecular weight excluding hydrogens is 389 g/mol. The van der Waals surface area contributed by atoms with E-state index in [9.17, 15) is 19.3 Å². The molecule has 1 aromatic heterocycles. The number of carbonyl (C=O) groups is 1. The first kappa shape index (κ1) is 19.6. The Labute approximate surface area is 172 Å². The van der Waals surface area contributed by atoms with Crippen LogP contribution in [0.1, 0.15) is 16.2 Å². The largest absolute Gasteiger partial charge is 0.366 e. The molecule has 1 aliphatic heterocycles. The van der Waals surface area contributed by atoms with Crippen LogP contribution in [0.4, 0.5) is 21.5 Å². The number of rotatable bonds is 5. The van der Waals surface area contributed by atoms with E-state index in [1.54, 1.807) is 48.1 Å². The number of ketones is 1. The zero-order valence-corrected chi connectivity index (χ0v) is 16.4. The summed E-state index contributed by atoms with van der Waals surface area (Å²) in [6.45, 7) is 2.07. The molecular formula is C21H20FN5O3. The van der Waals surface area contributed by atoms with E-state index in [4.69, 9.17) is 0 Å². The van der Waals surface area contributed by atoms with Crippen molar-refractivity contribution < 1.29 is 14.1 Å².